The number of allylic oxidation sites excluding steroid dienone is 4. The molecule has 3 rings (SSSR count). The number of rotatable bonds is 6. The zero-order valence-electron chi connectivity index (χ0n) is 15.8. The lowest BCUT2D eigenvalue weighted by atomic mass is 9.94. The van der Waals surface area contributed by atoms with Crippen LogP contribution in [0, 0.1) is 0 Å². The number of aromatic carboxylic acids is 1. The van der Waals surface area contributed by atoms with E-state index in [4.69, 9.17) is 9.47 Å². The first kappa shape index (κ1) is 19.8. The first-order chi connectivity index (χ1) is 13.5. The highest BCUT2D eigenvalue weighted by Crippen LogP contribution is 2.27. The summed E-state index contributed by atoms with van der Waals surface area (Å²) in [7, 11) is 3.20. The van der Waals surface area contributed by atoms with Crippen molar-refractivity contribution in [1.82, 2.24) is 0 Å². The number of carbonyl (C=O) groups is 2. The van der Waals surface area contributed by atoms with Gasteiger partial charge in [-0.15, -0.1) is 0 Å². The second-order valence-electron chi connectivity index (χ2n) is 6.59. The Balaban J connectivity index is 1.76. The monoisotopic (exact) mass is 381 g/mol. The highest BCUT2D eigenvalue weighted by atomic mass is 16.5. The molecule has 0 aromatic heterocycles. The Morgan fingerprint density at radius 3 is 2.68 bits per heavy atom. The molecule has 2 N–H and O–H groups in total. The number of amides is 1. The maximum absolute atomic E-state index is 12.4. The van der Waals surface area contributed by atoms with Crippen LogP contribution in [-0.4, -0.2) is 43.4 Å². The van der Waals surface area contributed by atoms with Gasteiger partial charge in [0, 0.05) is 20.3 Å². The second-order valence-corrected chi connectivity index (χ2v) is 6.59. The van der Waals surface area contributed by atoms with E-state index in [1.807, 2.05) is 30.4 Å². The van der Waals surface area contributed by atoms with Crippen LogP contribution >= 0.6 is 0 Å². The number of fused-ring (bicyclic) bond motifs is 1. The van der Waals surface area contributed by atoms with Crippen LogP contribution in [0.4, 0.5) is 5.69 Å². The predicted molar refractivity (Wildman–Crippen MR) is 107 cm³/mol. The van der Waals surface area contributed by atoms with Crippen LogP contribution in [0.15, 0.2) is 54.2 Å². The second kappa shape index (κ2) is 8.82. The van der Waals surface area contributed by atoms with Crippen LogP contribution in [0.5, 0.6) is 0 Å². The molecule has 0 saturated carbocycles. The summed E-state index contributed by atoms with van der Waals surface area (Å²) in [4.78, 5) is 23.9. The van der Waals surface area contributed by atoms with Crippen LogP contribution in [0.25, 0.3) is 6.08 Å². The molecular formula is C22H23NO5. The fraction of sp³-hybridized carbons (Fsp3) is 0.273. The summed E-state index contributed by atoms with van der Waals surface area (Å²) in [5, 5.41) is 12.2. The molecule has 2 aliphatic rings. The lowest BCUT2D eigenvalue weighted by Gasteiger charge is -2.22. The third-order valence-electron chi connectivity index (χ3n) is 4.78. The van der Waals surface area contributed by atoms with E-state index in [2.05, 4.69) is 5.32 Å². The molecule has 146 valence electrons. The quantitative estimate of drug-likeness (QED) is 0.738. The van der Waals surface area contributed by atoms with Gasteiger partial charge in [0.25, 0.3) is 0 Å². The number of carboxylic acids is 1. The number of hydrogen-bond acceptors (Lipinski definition) is 4. The summed E-state index contributed by atoms with van der Waals surface area (Å²) in [5.41, 5.74) is 3.10. The molecule has 0 fully saturated rings. The van der Waals surface area contributed by atoms with Gasteiger partial charge in [-0.05, 0) is 53.8 Å². The summed E-state index contributed by atoms with van der Waals surface area (Å²) in [6.07, 6.45) is 13.9. The summed E-state index contributed by atoms with van der Waals surface area (Å²) >= 11 is 0. The Kier molecular flexibility index (Phi) is 6.23. The Hall–Kier alpha value is -2.96. The Labute approximate surface area is 163 Å². The van der Waals surface area contributed by atoms with E-state index in [0.717, 1.165) is 29.5 Å². The van der Waals surface area contributed by atoms with Gasteiger partial charge in [-0.1, -0.05) is 24.3 Å². The van der Waals surface area contributed by atoms with Gasteiger partial charge in [-0.25, -0.2) is 4.79 Å². The predicted octanol–water partition coefficient (Wildman–Crippen LogP) is 3.37. The Morgan fingerprint density at radius 1 is 1.18 bits per heavy atom. The molecule has 0 bridgehead atoms. The lowest BCUT2D eigenvalue weighted by Crippen LogP contribution is -2.28. The Morgan fingerprint density at radius 2 is 1.96 bits per heavy atom. The van der Waals surface area contributed by atoms with Crippen molar-refractivity contribution in [3.8, 4) is 0 Å². The molecule has 28 heavy (non-hydrogen) atoms. The molecule has 2 aliphatic carbocycles. The summed E-state index contributed by atoms with van der Waals surface area (Å²) in [6.45, 7) is 0. The number of anilines is 1. The number of carboxylic acid groups (broad SMARTS) is 1. The van der Waals surface area contributed by atoms with E-state index < -0.39 is 11.9 Å². The molecule has 0 heterocycles. The van der Waals surface area contributed by atoms with E-state index >= 15 is 0 Å². The minimum atomic E-state index is -1.07. The SMILES string of the molecule is COC1C=CC(/C=C/C(=O)Nc2cc3c(cc2C(=O)O)CCC=C3)=CC1OC. The maximum atomic E-state index is 12.4. The number of carbonyl (C=O) groups excluding carboxylic acids is 1. The molecule has 1 amide bonds. The van der Waals surface area contributed by atoms with E-state index in [1.54, 1.807) is 32.4 Å². The van der Waals surface area contributed by atoms with Crippen LogP contribution < -0.4 is 5.32 Å². The highest BCUT2D eigenvalue weighted by molar-refractivity contribution is 6.05. The number of nitrogens with one attached hydrogen (secondary N) is 1. The number of ether oxygens (including phenoxy) is 2. The molecule has 0 radical (unpaired) electrons. The third kappa shape index (κ3) is 4.47. The van der Waals surface area contributed by atoms with Crippen molar-refractivity contribution in [3.63, 3.8) is 0 Å². The van der Waals surface area contributed by atoms with E-state index in [-0.39, 0.29) is 23.5 Å². The Bertz CT molecular complexity index is 894. The zero-order valence-corrected chi connectivity index (χ0v) is 15.8. The highest BCUT2D eigenvalue weighted by Gasteiger charge is 2.19. The van der Waals surface area contributed by atoms with Crippen molar-refractivity contribution in [2.75, 3.05) is 19.5 Å². The molecule has 2 unspecified atom stereocenters. The van der Waals surface area contributed by atoms with Crippen LogP contribution in [-0.2, 0) is 20.7 Å². The van der Waals surface area contributed by atoms with Crippen molar-refractivity contribution >= 4 is 23.6 Å². The molecular weight excluding hydrogens is 358 g/mol. The van der Waals surface area contributed by atoms with Crippen LogP contribution in [0.1, 0.15) is 27.9 Å². The first-order valence-electron chi connectivity index (χ1n) is 9.03. The van der Waals surface area contributed by atoms with Crippen molar-refractivity contribution in [1.29, 1.82) is 0 Å². The van der Waals surface area contributed by atoms with Gasteiger partial charge in [0.1, 0.15) is 12.2 Å². The lowest BCUT2D eigenvalue weighted by molar-refractivity contribution is -0.111. The minimum Gasteiger partial charge on any atom is -0.478 e. The van der Waals surface area contributed by atoms with Crippen molar-refractivity contribution in [2.24, 2.45) is 0 Å². The standard InChI is InChI=1S/C22H23NO5/c1-27-19-9-7-14(11-20(19)28-2)8-10-21(24)23-18-13-16-6-4-3-5-15(16)12-17(18)22(25)26/h4,6-13,19-20H,3,5H2,1-2H3,(H,23,24)(H,25,26)/b10-8+. The molecule has 2 atom stereocenters. The molecule has 0 aliphatic heterocycles. The smallest absolute Gasteiger partial charge is 0.337 e. The third-order valence-corrected chi connectivity index (χ3v) is 4.78. The zero-order chi connectivity index (χ0) is 20.1. The van der Waals surface area contributed by atoms with Gasteiger partial charge in [0.15, 0.2) is 0 Å². The van der Waals surface area contributed by atoms with E-state index in [0.29, 0.717) is 0 Å². The van der Waals surface area contributed by atoms with Gasteiger partial charge < -0.3 is 19.9 Å². The van der Waals surface area contributed by atoms with Gasteiger partial charge in [-0.2, -0.15) is 0 Å². The van der Waals surface area contributed by atoms with Gasteiger partial charge in [-0.3, -0.25) is 4.79 Å². The molecule has 6 heteroatoms. The van der Waals surface area contributed by atoms with Gasteiger partial charge in [0.2, 0.25) is 5.91 Å². The number of hydrogen-bond donors (Lipinski definition) is 2. The van der Waals surface area contributed by atoms with Crippen molar-refractivity contribution in [2.45, 2.75) is 25.0 Å². The average molecular weight is 381 g/mol. The van der Waals surface area contributed by atoms with Crippen LogP contribution in [0.2, 0.25) is 0 Å². The number of methoxy groups -OCH3 is 2. The largest absolute Gasteiger partial charge is 0.478 e. The number of aryl methyl sites for hydroxylation is 1. The van der Waals surface area contributed by atoms with E-state index in [1.165, 1.54) is 6.08 Å². The fourth-order valence-corrected chi connectivity index (χ4v) is 3.29. The molecule has 1 aromatic rings. The molecule has 1 aromatic carbocycles. The van der Waals surface area contributed by atoms with Crippen molar-refractivity contribution in [3.05, 3.63) is 70.9 Å². The van der Waals surface area contributed by atoms with Crippen molar-refractivity contribution < 1.29 is 24.2 Å². The summed E-state index contributed by atoms with van der Waals surface area (Å²) in [5.74, 6) is -1.47. The average Bonchev–Trinajstić information content (AvgIpc) is 2.71. The maximum Gasteiger partial charge on any atom is 0.337 e. The van der Waals surface area contributed by atoms with Crippen LogP contribution in [0.3, 0.4) is 0 Å². The summed E-state index contributed by atoms with van der Waals surface area (Å²) < 4.78 is 10.7. The normalized spacial score (nSPS) is 20.7. The molecule has 6 nitrogen and oxygen atoms in total. The fourth-order valence-electron chi connectivity index (χ4n) is 3.29. The molecule has 0 spiro atoms. The van der Waals surface area contributed by atoms with Gasteiger partial charge in [0.05, 0.1) is 11.3 Å². The minimum absolute atomic E-state index is 0.0926. The number of benzene rings is 1. The van der Waals surface area contributed by atoms with Gasteiger partial charge >= 0.3 is 5.97 Å². The molecule has 0 saturated heterocycles. The van der Waals surface area contributed by atoms with E-state index in [9.17, 15) is 14.7 Å². The summed E-state index contributed by atoms with van der Waals surface area (Å²) in [6, 6.07) is 3.35. The first-order valence-corrected chi connectivity index (χ1v) is 9.03. The topological polar surface area (TPSA) is 84.9 Å².